The summed E-state index contributed by atoms with van der Waals surface area (Å²) >= 11 is 0. The van der Waals surface area contributed by atoms with Gasteiger partial charge in [-0.1, -0.05) is 0 Å². The summed E-state index contributed by atoms with van der Waals surface area (Å²) in [6, 6.07) is 0. The zero-order chi connectivity index (χ0) is 7.49. The molecule has 3 N–H and O–H groups in total. The van der Waals surface area contributed by atoms with Crippen LogP contribution in [-0.4, -0.2) is 36.0 Å². The minimum absolute atomic E-state index is 0.187. The van der Waals surface area contributed by atoms with Gasteiger partial charge in [-0.2, -0.15) is 0 Å². The van der Waals surface area contributed by atoms with E-state index < -0.39 is 5.54 Å². The molecule has 0 spiro atoms. The number of hydrogen-bond acceptors (Lipinski definition) is 3. The van der Waals surface area contributed by atoms with Crippen LogP contribution in [0.15, 0.2) is 0 Å². The lowest BCUT2D eigenvalue weighted by Gasteiger charge is -2.34. The van der Waals surface area contributed by atoms with Gasteiger partial charge in [-0.05, 0) is 6.92 Å². The van der Waals surface area contributed by atoms with E-state index in [2.05, 4.69) is 0 Å². The molecule has 9 heavy (non-hydrogen) atoms. The van der Waals surface area contributed by atoms with Crippen molar-refractivity contribution in [2.75, 3.05) is 20.3 Å². The number of rotatable bonds is 3. The first kappa shape index (κ1) is 8.84. The van der Waals surface area contributed by atoms with Crippen molar-refractivity contribution in [3.8, 4) is 0 Å². The fourth-order valence-corrected chi connectivity index (χ4v) is 0.273. The second-order valence-electron chi connectivity index (χ2n) is 2.43. The van der Waals surface area contributed by atoms with Crippen molar-refractivity contribution in [3.05, 3.63) is 5.21 Å². The molecule has 0 radical (unpaired) electrons. The molecule has 0 aromatic carbocycles. The van der Waals surface area contributed by atoms with Gasteiger partial charge >= 0.3 is 0 Å². The van der Waals surface area contributed by atoms with E-state index in [1.807, 2.05) is 0 Å². The van der Waals surface area contributed by atoms with Crippen LogP contribution in [-0.2, 0) is 0 Å². The van der Waals surface area contributed by atoms with E-state index in [1.165, 1.54) is 14.0 Å². The summed E-state index contributed by atoms with van der Waals surface area (Å²) in [6.07, 6.45) is 0. The van der Waals surface area contributed by atoms with Crippen molar-refractivity contribution in [2.24, 2.45) is 0 Å². The summed E-state index contributed by atoms with van der Waals surface area (Å²) in [7, 11) is 1.35. The average molecular weight is 135 g/mol. The quantitative estimate of drug-likeness (QED) is 0.383. The topological polar surface area (TPSA) is 68.0 Å². The second-order valence-corrected chi connectivity index (χ2v) is 2.43. The number of likely N-dealkylation sites (N-methyl/N-ethyl adjacent to an activating group) is 1. The third-order valence-corrected chi connectivity index (χ3v) is 1.55. The van der Waals surface area contributed by atoms with Crippen molar-refractivity contribution in [3.63, 3.8) is 0 Å². The number of quaternary nitrogens is 1. The van der Waals surface area contributed by atoms with Crippen LogP contribution in [0, 0.1) is 5.21 Å². The first-order valence-corrected chi connectivity index (χ1v) is 2.79. The Balaban J connectivity index is 3.92. The van der Waals surface area contributed by atoms with E-state index in [-0.39, 0.29) is 18.3 Å². The lowest BCUT2D eigenvalue weighted by atomic mass is 10.1. The van der Waals surface area contributed by atoms with Crippen LogP contribution in [0.5, 0.6) is 0 Å². The Kier molecular flexibility index (Phi) is 3.07. The van der Waals surface area contributed by atoms with Crippen LogP contribution >= 0.6 is 0 Å². The molecule has 0 aliphatic rings. The van der Waals surface area contributed by atoms with Crippen molar-refractivity contribution in [1.82, 2.24) is 0 Å². The second kappa shape index (κ2) is 3.12. The van der Waals surface area contributed by atoms with E-state index in [9.17, 15) is 5.21 Å². The van der Waals surface area contributed by atoms with E-state index >= 15 is 0 Å². The number of hydroxylamine groups is 2. The molecule has 0 aliphatic heterocycles. The van der Waals surface area contributed by atoms with Gasteiger partial charge in [0.25, 0.3) is 0 Å². The molecule has 1 unspecified atom stereocenters. The highest BCUT2D eigenvalue weighted by Crippen LogP contribution is 1.92. The maximum absolute atomic E-state index is 10.6. The summed E-state index contributed by atoms with van der Waals surface area (Å²) in [5, 5.41) is 27.6. The molecule has 0 amide bonds. The summed E-state index contributed by atoms with van der Waals surface area (Å²) in [5.74, 6) is 0. The molecule has 0 heterocycles. The summed E-state index contributed by atoms with van der Waals surface area (Å²) in [4.78, 5) is 0. The van der Waals surface area contributed by atoms with Crippen LogP contribution in [0.1, 0.15) is 6.92 Å². The van der Waals surface area contributed by atoms with Gasteiger partial charge in [0.2, 0.25) is 0 Å². The third-order valence-electron chi connectivity index (χ3n) is 1.55. The van der Waals surface area contributed by atoms with Crippen LogP contribution in [0.25, 0.3) is 0 Å². The highest BCUT2D eigenvalue weighted by molar-refractivity contribution is 4.68. The van der Waals surface area contributed by atoms with Crippen molar-refractivity contribution >= 4 is 0 Å². The van der Waals surface area contributed by atoms with Crippen LogP contribution < -0.4 is 5.06 Å². The predicted octanol–water partition coefficient (Wildman–Crippen LogP) is -2.26. The largest absolute Gasteiger partial charge is 0.634 e. The molecule has 0 aromatic rings. The molecule has 1 atom stereocenters. The van der Waals surface area contributed by atoms with Gasteiger partial charge in [0, 0.05) is 0 Å². The number of aliphatic hydroxyl groups is 2. The minimum Gasteiger partial charge on any atom is -0.634 e. The molecule has 56 valence electrons. The smallest absolute Gasteiger partial charge is 0.141 e. The van der Waals surface area contributed by atoms with Crippen molar-refractivity contribution < 1.29 is 15.3 Å². The zero-order valence-electron chi connectivity index (χ0n) is 5.72. The van der Waals surface area contributed by atoms with Gasteiger partial charge in [0.05, 0.1) is 7.05 Å². The van der Waals surface area contributed by atoms with Gasteiger partial charge in [0.1, 0.15) is 18.8 Å². The molecule has 0 saturated carbocycles. The summed E-state index contributed by atoms with van der Waals surface area (Å²) in [5.41, 5.74) is -0.944. The van der Waals surface area contributed by atoms with Gasteiger partial charge < -0.3 is 20.5 Å². The lowest BCUT2D eigenvalue weighted by molar-refractivity contribution is -0.885. The standard InChI is InChI=1S/C5H13NO3/c1-5(3-7,4-8)6(2)9/h6-8H,3-4H2,1-2H3. The summed E-state index contributed by atoms with van der Waals surface area (Å²) < 4.78 is 0. The normalized spacial score (nSPS) is 15.7. The highest BCUT2D eigenvalue weighted by Gasteiger charge is 2.26. The van der Waals surface area contributed by atoms with E-state index in [0.29, 0.717) is 0 Å². The SMILES string of the molecule is C[NH+]([O-])C(C)(CO)CO. The fraction of sp³-hybridized carbons (Fsp3) is 1.00. The highest BCUT2D eigenvalue weighted by atomic mass is 16.5. The Morgan fingerprint density at radius 2 is 1.78 bits per heavy atom. The Morgan fingerprint density at radius 1 is 1.44 bits per heavy atom. The molecule has 0 bridgehead atoms. The molecular weight excluding hydrogens is 122 g/mol. The molecule has 0 rings (SSSR count). The zero-order valence-corrected chi connectivity index (χ0v) is 5.72. The van der Waals surface area contributed by atoms with Gasteiger partial charge in [-0.15, -0.1) is 0 Å². The molecular formula is C5H13NO3. The van der Waals surface area contributed by atoms with Crippen LogP contribution in [0.3, 0.4) is 0 Å². The Labute approximate surface area is 54.3 Å². The molecule has 4 nitrogen and oxygen atoms in total. The predicted molar refractivity (Wildman–Crippen MR) is 32.8 cm³/mol. The van der Waals surface area contributed by atoms with Crippen molar-refractivity contribution in [2.45, 2.75) is 12.5 Å². The molecule has 0 aliphatic carbocycles. The average Bonchev–Trinajstić information content (AvgIpc) is 1.86. The van der Waals surface area contributed by atoms with Gasteiger partial charge in [0.15, 0.2) is 0 Å². The van der Waals surface area contributed by atoms with Gasteiger partial charge in [-0.3, -0.25) is 0 Å². The third kappa shape index (κ3) is 1.91. The van der Waals surface area contributed by atoms with Crippen LogP contribution in [0.2, 0.25) is 0 Å². The van der Waals surface area contributed by atoms with Gasteiger partial charge in [-0.25, -0.2) is 0 Å². The number of nitrogens with one attached hydrogen (secondary N) is 1. The van der Waals surface area contributed by atoms with E-state index in [1.54, 1.807) is 0 Å². The number of aliphatic hydroxyl groups excluding tert-OH is 2. The first-order valence-electron chi connectivity index (χ1n) is 2.79. The van der Waals surface area contributed by atoms with E-state index in [0.717, 1.165) is 0 Å². The Morgan fingerprint density at radius 3 is 1.78 bits per heavy atom. The fourth-order valence-electron chi connectivity index (χ4n) is 0.273. The summed E-state index contributed by atoms with van der Waals surface area (Å²) in [6.45, 7) is 0.938. The Bertz CT molecular complexity index is 80.3. The monoisotopic (exact) mass is 135 g/mol. The molecule has 0 aromatic heterocycles. The maximum Gasteiger partial charge on any atom is 0.141 e. The Hall–Kier alpha value is -0.160. The van der Waals surface area contributed by atoms with E-state index in [4.69, 9.17) is 10.2 Å². The molecule has 0 saturated heterocycles. The van der Waals surface area contributed by atoms with Crippen LogP contribution in [0.4, 0.5) is 0 Å². The minimum atomic E-state index is -0.944. The lowest BCUT2D eigenvalue weighted by Crippen LogP contribution is -3.14. The van der Waals surface area contributed by atoms with Crippen molar-refractivity contribution in [1.29, 1.82) is 0 Å². The first-order chi connectivity index (χ1) is 4.06. The molecule has 0 fully saturated rings. The number of hydrogen-bond donors (Lipinski definition) is 3. The maximum atomic E-state index is 10.6. The molecule has 4 heteroatoms.